The van der Waals surface area contributed by atoms with E-state index in [1.807, 2.05) is 0 Å². The van der Waals surface area contributed by atoms with Crippen LogP contribution in [0.1, 0.15) is 12.5 Å². The van der Waals surface area contributed by atoms with Crippen LogP contribution in [0.15, 0.2) is 53.3 Å². The van der Waals surface area contributed by atoms with E-state index in [1.165, 1.54) is 14.0 Å². The summed E-state index contributed by atoms with van der Waals surface area (Å²) in [6, 6.07) is 6.99. The first-order valence-electron chi connectivity index (χ1n) is 10.7. The Labute approximate surface area is 197 Å². The Morgan fingerprint density at radius 1 is 1.06 bits per heavy atom. The van der Waals surface area contributed by atoms with E-state index >= 15 is 0 Å². The minimum Gasteiger partial charge on any atom is -0.493 e. The lowest BCUT2D eigenvalue weighted by Gasteiger charge is -2.22. The van der Waals surface area contributed by atoms with Crippen molar-refractivity contribution in [2.75, 3.05) is 25.5 Å². The summed E-state index contributed by atoms with van der Waals surface area (Å²) in [6.45, 7) is 1.75. The number of nitrogens with one attached hydrogen (secondary N) is 1. The third-order valence-electron chi connectivity index (χ3n) is 5.50. The van der Waals surface area contributed by atoms with Crippen LogP contribution in [0.25, 0.3) is 10.9 Å². The van der Waals surface area contributed by atoms with Gasteiger partial charge in [-0.1, -0.05) is 13.0 Å². The van der Waals surface area contributed by atoms with Crippen LogP contribution in [-0.4, -0.2) is 42.2 Å². The summed E-state index contributed by atoms with van der Waals surface area (Å²) in [4.78, 5) is 11.9. The first kappa shape index (κ1) is 24.4. The molecule has 4 rings (SSSR count). The fourth-order valence-corrected chi connectivity index (χ4v) is 3.69. The first-order valence-corrected chi connectivity index (χ1v) is 10.7. The van der Waals surface area contributed by atoms with E-state index in [2.05, 4.69) is 20.3 Å². The van der Waals surface area contributed by atoms with Crippen molar-refractivity contribution in [2.45, 2.75) is 19.5 Å². The van der Waals surface area contributed by atoms with E-state index in [9.17, 15) is 22.0 Å². The third-order valence-corrected chi connectivity index (χ3v) is 5.50. The van der Waals surface area contributed by atoms with Crippen LogP contribution in [0, 0.1) is 17.6 Å². The Morgan fingerprint density at radius 3 is 2.57 bits per heavy atom. The molecule has 3 aromatic rings. The van der Waals surface area contributed by atoms with Crippen LogP contribution < -0.4 is 14.8 Å². The molecule has 2 aromatic carbocycles. The molecule has 0 saturated heterocycles. The molecule has 1 aromatic heterocycles. The fraction of sp³-hybridized carbons (Fsp3) is 0.292. The Bertz CT molecular complexity index is 1310. The summed E-state index contributed by atoms with van der Waals surface area (Å²) in [5.41, 5.74) is -0.0106. The van der Waals surface area contributed by atoms with Gasteiger partial charge in [-0.15, -0.1) is 0 Å². The van der Waals surface area contributed by atoms with E-state index < -0.39 is 29.3 Å². The molecule has 0 bridgehead atoms. The number of halogens is 5. The van der Waals surface area contributed by atoms with Gasteiger partial charge in [0.15, 0.2) is 11.5 Å². The van der Waals surface area contributed by atoms with Gasteiger partial charge in [0.05, 0.1) is 12.5 Å². The first-order chi connectivity index (χ1) is 16.7. The van der Waals surface area contributed by atoms with Crippen LogP contribution in [0.2, 0.25) is 0 Å². The van der Waals surface area contributed by atoms with Gasteiger partial charge in [-0.3, -0.25) is 4.99 Å². The number of rotatable bonds is 6. The van der Waals surface area contributed by atoms with Gasteiger partial charge in [-0.05, 0) is 36.2 Å². The molecule has 1 aliphatic heterocycles. The molecule has 184 valence electrons. The molecule has 35 heavy (non-hydrogen) atoms. The molecule has 0 aliphatic carbocycles. The zero-order valence-corrected chi connectivity index (χ0v) is 18.8. The molecule has 1 N–H and O–H groups in total. The summed E-state index contributed by atoms with van der Waals surface area (Å²) in [5, 5.41) is 2.94. The lowest BCUT2D eigenvalue weighted by atomic mass is 9.98. The number of methoxy groups -OCH3 is 1. The molecule has 0 fully saturated rings. The molecule has 0 spiro atoms. The monoisotopic (exact) mass is 492 g/mol. The van der Waals surface area contributed by atoms with Crippen molar-refractivity contribution < 1.29 is 31.4 Å². The predicted molar refractivity (Wildman–Crippen MR) is 121 cm³/mol. The number of aliphatic imine (C=N–C) groups is 1. The second-order valence-corrected chi connectivity index (χ2v) is 7.92. The van der Waals surface area contributed by atoms with Crippen LogP contribution in [-0.2, 0) is 6.42 Å². The highest BCUT2D eigenvalue weighted by molar-refractivity contribution is 5.91. The minimum atomic E-state index is -4.46. The average molecular weight is 492 g/mol. The summed E-state index contributed by atoms with van der Waals surface area (Å²) in [6.07, 6.45) is -1.96. The number of hydrogen-bond donors (Lipinski definition) is 1. The number of hydrogen-bond acceptors (Lipinski definition) is 6. The molecule has 0 amide bonds. The van der Waals surface area contributed by atoms with E-state index in [0.29, 0.717) is 18.7 Å². The Balaban J connectivity index is 1.46. The maximum Gasteiger partial charge on any atom is 0.413 e. The van der Waals surface area contributed by atoms with Crippen LogP contribution in [0.5, 0.6) is 11.5 Å². The van der Waals surface area contributed by atoms with Crippen LogP contribution in [0.3, 0.4) is 0 Å². The highest BCUT2D eigenvalue weighted by atomic mass is 19.4. The normalized spacial score (nSPS) is 16.0. The Hall–Kier alpha value is -3.76. The van der Waals surface area contributed by atoms with Crippen molar-refractivity contribution in [2.24, 2.45) is 10.9 Å². The third kappa shape index (κ3) is 5.33. The van der Waals surface area contributed by atoms with Crippen LogP contribution >= 0.6 is 0 Å². The van der Waals surface area contributed by atoms with E-state index in [0.717, 1.165) is 30.1 Å². The molecule has 1 atom stereocenters. The van der Waals surface area contributed by atoms with Gasteiger partial charge in [0.2, 0.25) is 5.90 Å². The second-order valence-electron chi connectivity index (χ2n) is 7.92. The molecular formula is C24H21F5N4O2. The zero-order valence-electron chi connectivity index (χ0n) is 18.8. The number of aromatic nitrogens is 2. The van der Waals surface area contributed by atoms with Crippen molar-refractivity contribution >= 4 is 22.6 Å². The Kier molecular flexibility index (Phi) is 6.86. The van der Waals surface area contributed by atoms with Gasteiger partial charge in [0.25, 0.3) is 0 Å². The van der Waals surface area contributed by atoms with Gasteiger partial charge in [0.1, 0.15) is 29.3 Å². The largest absolute Gasteiger partial charge is 0.493 e. The lowest BCUT2D eigenvalue weighted by molar-refractivity contribution is -0.0981. The van der Waals surface area contributed by atoms with Gasteiger partial charge in [-0.2, -0.15) is 13.2 Å². The van der Waals surface area contributed by atoms with Crippen molar-refractivity contribution in [3.63, 3.8) is 0 Å². The summed E-state index contributed by atoms with van der Waals surface area (Å²) in [7, 11) is 1.41. The molecule has 1 unspecified atom stereocenters. The quantitative estimate of drug-likeness (QED) is 0.461. The number of nitrogens with zero attached hydrogens (tertiary/aromatic N) is 3. The molecule has 2 heterocycles. The van der Waals surface area contributed by atoms with E-state index in [4.69, 9.17) is 9.47 Å². The van der Waals surface area contributed by atoms with Crippen molar-refractivity contribution in [1.29, 1.82) is 0 Å². The standard InChI is InChI=1S/C24H21F5N4O2/c1-13-11-31-20(10-15(13)24(27,28)29)35-18-6-3-14(9-19(18)34-2)7-8-30-23-21-16(25)4-5-17(26)22(21)32-12-33-23/h3-6,9-10,12-13H,7-8,11H2,1-2H3,(H,30,32,33). The van der Waals surface area contributed by atoms with E-state index in [-0.39, 0.29) is 34.9 Å². The van der Waals surface area contributed by atoms with Gasteiger partial charge < -0.3 is 14.8 Å². The zero-order chi connectivity index (χ0) is 25.2. The number of alkyl halides is 3. The predicted octanol–water partition coefficient (Wildman–Crippen LogP) is 5.49. The van der Waals surface area contributed by atoms with Crippen molar-refractivity contribution in [1.82, 2.24) is 9.97 Å². The topological polar surface area (TPSA) is 68.6 Å². The lowest BCUT2D eigenvalue weighted by Crippen LogP contribution is -2.26. The smallest absolute Gasteiger partial charge is 0.413 e. The summed E-state index contributed by atoms with van der Waals surface area (Å²) in [5.74, 6) is -1.50. The molecule has 1 aliphatic rings. The fourth-order valence-electron chi connectivity index (χ4n) is 3.69. The highest BCUT2D eigenvalue weighted by Gasteiger charge is 2.38. The maximum absolute atomic E-state index is 14.2. The second kappa shape index (κ2) is 9.85. The number of dihydropyridines is 1. The van der Waals surface area contributed by atoms with Gasteiger partial charge >= 0.3 is 6.18 Å². The van der Waals surface area contributed by atoms with Gasteiger partial charge in [-0.25, -0.2) is 18.7 Å². The van der Waals surface area contributed by atoms with Crippen LogP contribution in [0.4, 0.5) is 27.8 Å². The number of fused-ring (bicyclic) bond motifs is 1. The minimum absolute atomic E-state index is 0.0328. The Morgan fingerprint density at radius 2 is 1.83 bits per heavy atom. The number of ether oxygens (including phenoxy) is 2. The maximum atomic E-state index is 14.2. The van der Waals surface area contributed by atoms with Crippen molar-refractivity contribution in [3.8, 4) is 11.5 Å². The number of anilines is 1. The molecule has 6 nitrogen and oxygen atoms in total. The van der Waals surface area contributed by atoms with E-state index in [1.54, 1.807) is 18.2 Å². The SMILES string of the molecule is COc1cc(CCNc2ncnc3c(F)ccc(F)c23)ccc1OC1=NCC(C)C(C(F)(F)F)=C1. The summed E-state index contributed by atoms with van der Waals surface area (Å²) < 4.78 is 78.7. The molecule has 0 radical (unpaired) electrons. The van der Waals surface area contributed by atoms with Gasteiger partial charge in [0, 0.05) is 30.7 Å². The molecule has 0 saturated carbocycles. The highest BCUT2D eigenvalue weighted by Crippen LogP contribution is 2.35. The molecular weight excluding hydrogens is 471 g/mol. The summed E-state index contributed by atoms with van der Waals surface area (Å²) >= 11 is 0. The molecule has 11 heteroatoms. The van der Waals surface area contributed by atoms with Crippen molar-refractivity contribution in [3.05, 3.63) is 65.5 Å². The average Bonchev–Trinajstić information content (AvgIpc) is 2.82. The number of benzene rings is 2.